The normalized spacial score (nSPS) is 24.6. The first kappa shape index (κ1) is 10.6. The first-order valence-electron chi connectivity index (χ1n) is 4.43. The minimum absolute atomic E-state index is 0.0388. The molecule has 1 fully saturated rings. The van der Waals surface area contributed by atoms with Crippen molar-refractivity contribution in [3.05, 3.63) is 0 Å². The molecule has 3 N–H and O–H groups in total. The van der Waals surface area contributed by atoms with Crippen LogP contribution in [0.2, 0.25) is 0 Å². The number of rotatable bonds is 3. The Balaban J connectivity index is 2.04. The minimum Gasteiger partial charge on any atom is -0.465 e. The van der Waals surface area contributed by atoms with E-state index in [-0.39, 0.29) is 6.04 Å². The van der Waals surface area contributed by atoms with Crippen molar-refractivity contribution >= 4 is 12.2 Å². The lowest BCUT2D eigenvalue weighted by Crippen LogP contribution is -2.47. The highest BCUT2D eigenvalue weighted by Gasteiger charge is 2.30. The highest BCUT2D eigenvalue weighted by atomic mass is 16.5. The molecule has 0 radical (unpaired) electrons. The molecule has 80 valence electrons. The molecular formula is C8H14N2O4. The van der Waals surface area contributed by atoms with Crippen LogP contribution in [0.3, 0.4) is 0 Å². The van der Waals surface area contributed by atoms with Crippen LogP contribution in [0.5, 0.6) is 0 Å². The number of nitrogens with one attached hydrogen (secondary N) is 2. The number of hydrogen-bond donors (Lipinski definition) is 3. The standard InChI is InChI=1S/C8H14N2O4/c1-14-8(13)9-4-5-2-6(3-5)10-7(11)12/h5-6,10H,2-4H2,1H3,(H,9,13)(H,11,12). The van der Waals surface area contributed by atoms with Crippen molar-refractivity contribution < 1.29 is 19.4 Å². The second-order valence-corrected chi connectivity index (χ2v) is 3.36. The smallest absolute Gasteiger partial charge is 0.406 e. The zero-order valence-corrected chi connectivity index (χ0v) is 7.95. The average Bonchev–Trinajstić information content (AvgIpc) is 2.07. The van der Waals surface area contributed by atoms with Crippen molar-refractivity contribution in [1.29, 1.82) is 0 Å². The van der Waals surface area contributed by atoms with Crippen molar-refractivity contribution in [1.82, 2.24) is 10.6 Å². The monoisotopic (exact) mass is 202 g/mol. The Bertz CT molecular complexity index is 225. The van der Waals surface area contributed by atoms with E-state index in [0.29, 0.717) is 12.5 Å². The van der Waals surface area contributed by atoms with E-state index in [0.717, 1.165) is 12.8 Å². The first-order valence-corrected chi connectivity index (χ1v) is 4.43. The predicted octanol–water partition coefficient (Wildman–Crippen LogP) is 0.389. The molecule has 1 rings (SSSR count). The van der Waals surface area contributed by atoms with E-state index in [4.69, 9.17) is 5.11 Å². The molecule has 14 heavy (non-hydrogen) atoms. The lowest BCUT2D eigenvalue weighted by atomic mass is 9.80. The van der Waals surface area contributed by atoms with E-state index >= 15 is 0 Å². The summed E-state index contributed by atoms with van der Waals surface area (Å²) < 4.78 is 4.40. The molecule has 6 nitrogen and oxygen atoms in total. The molecule has 0 heterocycles. The van der Waals surface area contributed by atoms with Crippen LogP contribution < -0.4 is 10.6 Å². The Hall–Kier alpha value is -1.46. The van der Waals surface area contributed by atoms with Gasteiger partial charge >= 0.3 is 12.2 Å². The summed E-state index contributed by atoms with van der Waals surface area (Å²) in [7, 11) is 1.31. The summed E-state index contributed by atoms with van der Waals surface area (Å²) in [6.45, 7) is 0.546. The van der Waals surface area contributed by atoms with Gasteiger partial charge in [-0.05, 0) is 18.8 Å². The topological polar surface area (TPSA) is 87.7 Å². The Kier molecular flexibility index (Phi) is 3.55. The molecule has 0 spiro atoms. The molecule has 0 unspecified atom stereocenters. The number of alkyl carbamates (subject to hydrolysis) is 1. The molecular weight excluding hydrogens is 188 g/mol. The Morgan fingerprint density at radius 3 is 2.64 bits per heavy atom. The van der Waals surface area contributed by atoms with Gasteiger partial charge in [-0.1, -0.05) is 0 Å². The van der Waals surface area contributed by atoms with Crippen LogP contribution in [0.25, 0.3) is 0 Å². The third-order valence-electron chi connectivity index (χ3n) is 2.28. The third-order valence-corrected chi connectivity index (χ3v) is 2.28. The van der Waals surface area contributed by atoms with Crippen LogP contribution in [0.15, 0.2) is 0 Å². The van der Waals surface area contributed by atoms with Gasteiger partial charge in [-0.25, -0.2) is 9.59 Å². The molecule has 6 heteroatoms. The van der Waals surface area contributed by atoms with Gasteiger partial charge in [-0.15, -0.1) is 0 Å². The molecule has 1 aliphatic carbocycles. The summed E-state index contributed by atoms with van der Waals surface area (Å²) in [6, 6.07) is 0.0388. The van der Waals surface area contributed by atoms with E-state index in [1.807, 2.05) is 0 Å². The number of carbonyl (C=O) groups excluding carboxylic acids is 1. The molecule has 0 saturated heterocycles. The van der Waals surface area contributed by atoms with E-state index in [2.05, 4.69) is 15.4 Å². The fraction of sp³-hybridized carbons (Fsp3) is 0.750. The summed E-state index contributed by atoms with van der Waals surface area (Å²) in [5.74, 6) is 0.353. The van der Waals surface area contributed by atoms with Gasteiger partial charge in [0.25, 0.3) is 0 Å². The van der Waals surface area contributed by atoms with E-state index in [1.165, 1.54) is 7.11 Å². The fourth-order valence-corrected chi connectivity index (χ4v) is 1.49. The van der Waals surface area contributed by atoms with Crippen molar-refractivity contribution in [2.24, 2.45) is 5.92 Å². The predicted molar refractivity (Wildman–Crippen MR) is 48.1 cm³/mol. The van der Waals surface area contributed by atoms with Crippen molar-refractivity contribution in [3.8, 4) is 0 Å². The first-order chi connectivity index (χ1) is 6.61. The number of carbonyl (C=O) groups is 2. The van der Waals surface area contributed by atoms with Gasteiger partial charge in [0.1, 0.15) is 0 Å². The highest BCUT2D eigenvalue weighted by molar-refractivity contribution is 5.67. The molecule has 0 aromatic carbocycles. The van der Waals surface area contributed by atoms with Crippen molar-refractivity contribution in [3.63, 3.8) is 0 Å². The van der Waals surface area contributed by atoms with E-state index in [9.17, 15) is 9.59 Å². The van der Waals surface area contributed by atoms with Crippen molar-refractivity contribution in [2.75, 3.05) is 13.7 Å². The summed E-state index contributed by atoms with van der Waals surface area (Å²) in [5, 5.41) is 13.3. The van der Waals surface area contributed by atoms with Crippen LogP contribution in [-0.2, 0) is 4.74 Å². The molecule has 0 aromatic rings. The van der Waals surface area contributed by atoms with Crippen LogP contribution in [-0.4, -0.2) is 37.0 Å². The number of ether oxygens (including phenoxy) is 1. The molecule has 0 aliphatic heterocycles. The van der Waals surface area contributed by atoms with Crippen LogP contribution in [0, 0.1) is 5.92 Å². The van der Waals surface area contributed by atoms with Gasteiger partial charge in [-0.3, -0.25) is 0 Å². The maximum absolute atomic E-state index is 10.7. The second-order valence-electron chi connectivity index (χ2n) is 3.36. The van der Waals surface area contributed by atoms with Gasteiger partial charge < -0.3 is 20.5 Å². The SMILES string of the molecule is COC(=O)NCC1CC(NC(=O)O)C1. The van der Waals surface area contributed by atoms with Gasteiger partial charge in [0.15, 0.2) is 0 Å². The summed E-state index contributed by atoms with van der Waals surface area (Å²) in [4.78, 5) is 20.9. The average molecular weight is 202 g/mol. The Morgan fingerprint density at radius 1 is 1.50 bits per heavy atom. The number of amides is 2. The maximum atomic E-state index is 10.7. The van der Waals surface area contributed by atoms with Gasteiger partial charge in [-0.2, -0.15) is 0 Å². The molecule has 1 aliphatic rings. The molecule has 0 aromatic heterocycles. The quantitative estimate of drug-likeness (QED) is 0.617. The number of hydrogen-bond acceptors (Lipinski definition) is 3. The van der Waals surface area contributed by atoms with E-state index in [1.54, 1.807) is 0 Å². The molecule has 1 saturated carbocycles. The summed E-state index contributed by atoms with van der Waals surface area (Å²) in [6.07, 6.45) is 0.112. The highest BCUT2D eigenvalue weighted by Crippen LogP contribution is 2.26. The largest absolute Gasteiger partial charge is 0.465 e. The van der Waals surface area contributed by atoms with Crippen LogP contribution in [0.1, 0.15) is 12.8 Å². The molecule has 0 atom stereocenters. The van der Waals surface area contributed by atoms with Crippen LogP contribution >= 0.6 is 0 Å². The second kappa shape index (κ2) is 4.69. The minimum atomic E-state index is -0.991. The summed E-state index contributed by atoms with van der Waals surface area (Å²) >= 11 is 0. The zero-order chi connectivity index (χ0) is 10.6. The lowest BCUT2D eigenvalue weighted by molar-refractivity contribution is 0.151. The van der Waals surface area contributed by atoms with Gasteiger partial charge in [0, 0.05) is 12.6 Å². The number of methoxy groups -OCH3 is 1. The maximum Gasteiger partial charge on any atom is 0.406 e. The Labute approximate surface area is 81.6 Å². The van der Waals surface area contributed by atoms with Gasteiger partial charge in [0.05, 0.1) is 7.11 Å². The number of carboxylic acid groups (broad SMARTS) is 1. The Morgan fingerprint density at radius 2 is 2.14 bits per heavy atom. The van der Waals surface area contributed by atoms with Crippen molar-refractivity contribution in [2.45, 2.75) is 18.9 Å². The fourth-order valence-electron chi connectivity index (χ4n) is 1.49. The lowest BCUT2D eigenvalue weighted by Gasteiger charge is -2.34. The molecule has 2 amide bonds. The third kappa shape index (κ3) is 3.12. The van der Waals surface area contributed by atoms with Gasteiger partial charge in [0.2, 0.25) is 0 Å². The zero-order valence-electron chi connectivity index (χ0n) is 7.95. The molecule has 0 bridgehead atoms. The summed E-state index contributed by atoms with van der Waals surface area (Å²) in [5.41, 5.74) is 0. The van der Waals surface area contributed by atoms with Crippen LogP contribution in [0.4, 0.5) is 9.59 Å². The van der Waals surface area contributed by atoms with E-state index < -0.39 is 12.2 Å².